The summed E-state index contributed by atoms with van der Waals surface area (Å²) in [5, 5.41) is 0.564. The van der Waals surface area contributed by atoms with Gasteiger partial charge in [-0.1, -0.05) is 0 Å². The van der Waals surface area contributed by atoms with E-state index in [2.05, 4.69) is 0 Å². The molecular weight excluding hydrogens is 487 g/mol. The van der Waals surface area contributed by atoms with E-state index in [0.29, 0.717) is 10.6 Å². The van der Waals surface area contributed by atoms with Crippen LogP contribution in [-0.2, 0) is 19.1 Å². The molecule has 0 saturated heterocycles. The molecule has 6 nitrogen and oxygen atoms in total. The maximum absolute atomic E-state index is 15.4. The Morgan fingerprint density at radius 1 is 1.17 bits per heavy atom. The molecule has 2 aliphatic rings. The van der Waals surface area contributed by atoms with Crippen LogP contribution in [0, 0.1) is 11.8 Å². The summed E-state index contributed by atoms with van der Waals surface area (Å²) < 4.78 is 24.5. The van der Waals surface area contributed by atoms with E-state index in [1.54, 1.807) is 19.9 Å². The molecule has 6 atom stereocenters. The molecule has 0 aromatic heterocycles. The first kappa shape index (κ1) is 22.5. The molecule has 2 saturated carbocycles. The Bertz CT molecular complexity index is 871. The minimum absolute atomic E-state index is 0.0219. The van der Waals surface area contributed by atoms with Crippen molar-refractivity contribution in [3.8, 4) is 0 Å². The van der Waals surface area contributed by atoms with Crippen LogP contribution in [0.3, 0.4) is 0 Å². The summed E-state index contributed by atoms with van der Waals surface area (Å²) >= 11 is 10.4. The summed E-state index contributed by atoms with van der Waals surface area (Å²) in [5.74, 6) is -3.61. The van der Waals surface area contributed by atoms with E-state index < -0.39 is 55.4 Å². The SMILES string of the molecule is CCOC(=O)[C@]1(N)[C@H]2[C@@H](C[C@H]1[AsH]C(=O)c1ccc(Cl)c(Cl)c1)[C@]2(F)C(=O)OCC. The van der Waals surface area contributed by atoms with Gasteiger partial charge in [0.1, 0.15) is 0 Å². The summed E-state index contributed by atoms with van der Waals surface area (Å²) in [4.78, 5) is 37.7. The average molecular weight is 508 g/mol. The van der Waals surface area contributed by atoms with Gasteiger partial charge in [-0.25, -0.2) is 0 Å². The second-order valence-corrected chi connectivity index (χ2v) is 11.0. The Morgan fingerprint density at radius 2 is 1.79 bits per heavy atom. The zero-order valence-corrected chi connectivity index (χ0v) is 19.4. The topological polar surface area (TPSA) is 95.7 Å². The Morgan fingerprint density at radius 3 is 2.38 bits per heavy atom. The molecule has 0 radical (unpaired) electrons. The average Bonchev–Trinajstić information content (AvgIpc) is 3.15. The van der Waals surface area contributed by atoms with E-state index in [9.17, 15) is 14.4 Å². The van der Waals surface area contributed by atoms with Gasteiger partial charge in [0.25, 0.3) is 0 Å². The normalized spacial score (nSPS) is 32.8. The second kappa shape index (κ2) is 8.18. The molecule has 0 heterocycles. The van der Waals surface area contributed by atoms with Crippen molar-refractivity contribution in [3.63, 3.8) is 0 Å². The first-order valence-electron chi connectivity index (χ1n) is 9.20. The summed E-state index contributed by atoms with van der Waals surface area (Å²) in [6.45, 7) is 3.27. The van der Waals surface area contributed by atoms with Gasteiger partial charge in [-0.15, -0.1) is 0 Å². The fourth-order valence-corrected chi connectivity index (χ4v) is 7.72. The van der Waals surface area contributed by atoms with Crippen molar-refractivity contribution in [1.29, 1.82) is 0 Å². The number of fused-ring (bicyclic) bond motifs is 1. The Hall–Kier alpha value is -1.14. The van der Waals surface area contributed by atoms with Crippen LogP contribution in [-0.4, -0.2) is 56.7 Å². The molecule has 29 heavy (non-hydrogen) atoms. The zero-order valence-electron chi connectivity index (χ0n) is 15.8. The number of rotatable bonds is 7. The molecule has 2 aliphatic carbocycles. The number of nitrogens with two attached hydrogens (primary N) is 1. The van der Waals surface area contributed by atoms with E-state index in [4.69, 9.17) is 38.4 Å². The Labute approximate surface area is 184 Å². The predicted octanol–water partition coefficient (Wildman–Crippen LogP) is 2.54. The van der Waals surface area contributed by atoms with Gasteiger partial charge in [-0.2, -0.15) is 0 Å². The van der Waals surface area contributed by atoms with Gasteiger partial charge < -0.3 is 0 Å². The summed E-state index contributed by atoms with van der Waals surface area (Å²) in [5.41, 5.74) is 2.73. The van der Waals surface area contributed by atoms with Crippen LogP contribution in [0.15, 0.2) is 18.2 Å². The summed E-state index contributed by atoms with van der Waals surface area (Å²) in [6, 6.07) is 4.53. The number of hydrogen-bond donors (Lipinski definition) is 1. The van der Waals surface area contributed by atoms with Crippen LogP contribution < -0.4 is 5.73 Å². The molecule has 0 spiro atoms. The second-order valence-electron chi connectivity index (χ2n) is 7.12. The Balaban J connectivity index is 1.86. The molecule has 1 aromatic carbocycles. The van der Waals surface area contributed by atoms with Crippen molar-refractivity contribution in [2.45, 2.75) is 36.2 Å². The first-order valence-corrected chi connectivity index (χ1v) is 12.2. The molecule has 158 valence electrons. The molecule has 0 aliphatic heterocycles. The fourth-order valence-electron chi connectivity index (χ4n) is 4.18. The van der Waals surface area contributed by atoms with Crippen LogP contribution in [0.25, 0.3) is 0 Å². The quantitative estimate of drug-likeness (QED) is 0.450. The van der Waals surface area contributed by atoms with Crippen LogP contribution in [0.5, 0.6) is 0 Å². The predicted molar refractivity (Wildman–Crippen MR) is 107 cm³/mol. The van der Waals surface area contributed by atoms with Crippen LogP contribution in [0.4, 0.5) is 4.39 Å². The third-order valence-electron chi connectivity index (χ3n) is 5.57. The van der Waals surface area contributed by atoms with Gasteiger partial charge in [0, 0.05) is 0 Å². The molecule has 2 N–H and O–H groups in total. The first-order chi connectivity index (χ1) is 13.6. The molecule has 2 fully saturated rings. The number of ether oxygens (including phenoxy) is 2. The van der Waals surface area contributed by atoms with E-state index in [-0.39, 0.29) is 29.2 Å². The molecule has 3 rings (SSSR count). The van der Waals surface area contributed by atoms with Crippen LogP contribution >= 0.6 is 23.2 Å². The number of esters is 2. The van der Waals surface area contributed by atoms with E-state index in [1.807, 2.05) is 0 Å². The van der Waals surface area contributed by atoms with Crippen molar-refractivity contribution >= 4 is 55.5 Å². The van der Waals surface area contributed by atoms with Crippen LogP contribution in [0.1, 0.15) is 30.6 Å². The van der Waals surface area contributed by atoms with Crippen molar-refractivity contribution in [1.82, 2.24) is 0 Å². The molecule has 1 aromatic rings. The third kappa shape index (κ3) is 3.60. The molecule has 0 amide bonds. The molecule has 1 unspecified atom stereocenters. The zero-order chi connectivity index (χ0) is 21.6. The molecule has 0 bridgehead atoms. The van der Waals surface area contributed by atoms with Crippen molar-refractivity contribution in [2.75, 3.05) is 13.2 Å². The number of carbonyl (C=O) groups is 3. The van der Waals surface area contributed by atoms with Crippen LogP contribution in [0.2, 0.25) is 14.8 Å². The standard InChI is InChI=1S/C19H21AsCl2FNO5/c1-3-28-16(26)18(23)10-8-13(19(24,14(10)18)17(27)29-4-2)20-15(25)9-5-6-11(21)12(22)7-9/h5-7,10,13-14,20H,3-4,8,24H2,1-2H3/t10-,13-,14+,18-,19-/m1/s1. The van der Waals surface area contributed by atoms with Crippen molar-refractivity contribution in [3.05, 3.63) is 33.8 Å². The summed E-state index contributed by atoms with van der Waals surface area (Å²) in [7, 11) is 0. The number of halogens is 3. The molecular formula is C19H21AsCl2FNO5. The van der Waals surface area contributed by atoms with Gasteiger partial charge in [0.05, 0.1) is 0 Å². The number of hydrogen-bond acceptors (Lipinski definition) is 6. The van der Waals surface area contributed by atoms with Gasteiger partial charge in [0.2, 0.25) is 0 Å². The third-order valence-corrected chi connectivity index (χ3v) is 9.69. The fraction of sp³-hybridized carbons (Fsp3) is 0.526. The molecule has 10 heteroatoms. The summed E-state index contributed by atoms with van der Waals surface area (Å²) in [6.07, 6.45) is 0.155. The number of alkyl halides is 1. The van der Waals surface area contributed by atoms with Gasteiger partial charge in [-0.05, 0) is 0 Å². The van der Waals surface area contributed by atoms with E-state index in [1.165, 1.54) is 12.1 Å². The number of carbonyl (C=O) groups excluding carboxylic acids is 3. The minimum atomic E-state index is -2.31. The monoisotopic (exact) mass is 507 g/mol. The van der Waals surface area contributed by atoms with E-state index in [0.717, 1.165) is 0 Å². The van der Waals surface area contributed by atoms with E-state index >= 15 is 4.39 Å². The van der Waals surface area contributed by atoms with Gasteiger partial charge in [0.15, 0.2) is 0 Å². The van der Waals surface area contributed by atoms with Crippen molar-refractivity contribution in [2.24, 2.45) is 17.6 Å². The van der Waals surface area contributed by atoms with Crippen molar-refractivity contribution < 1.29 is 28.2 Å². The van der Waals surface area contributed by atoms with Gasteiger partial charge in [-0.3, -0.25) is 0 Å². The Kier molecular flexibility index (Phi) is 6.36. The van der Waals surface area contributed by atoms with Gasteiger partial charge >= 0.3 is 184 Å². The maximum atomic E-state index is 15.4. The number of benzene rings is 1.